The first-order valence-corrected chi connectivity index (χ1v) is 9.63. The van der Waals surface area contributed by atoms with Crippen LogP contribution in [0.1, 0.15) is 5.56 Å². The van der Waals surface area contributed by atoms with Crippen LogP contribution in [0.2, 0.25) is 0 Å². The van der Waals surface area contributed by atoms with E-state index in [1.165, 1.54) is 18.2 Å². The van der Waals surface area contributed by atoms with Crippen molar-refractivity contribution < 1.29 is 0 Å². The number of rotatable bonds is 0. The van der Waals surface area contributed by atoms with Gasteiger partial charge in [-0.25, -0.2) is 28.5 Å². The number of aryl methyl sites for hydroxylation is 1. The number of pyridine rings is 3. The predicted molar refractivity (Wildman–Crippen MR) is 116 cm³/mol. The average molecular weight is 465 g/mol. The third-order valence-corrected chi connectivity index (χ3v) is 4.48. The van der Waals surface area contributed by atoms with Gasteiger partial charge in [0.05, 0.1) is 0 Å². The summed E-state index contributed by atoms with van der Waals surface area (Å²) < 4.78 is 6.14. The Morgan fingerprint density at radius 2 is 1.20 bits per heavy atom. The van der Waals surface area contributed by atoms with E-state index < -0.39 is 0 Å². The van der Waals surface area contributed by atoms with Crippen molar-refractivity contribution in [1.82, 2.24) is 43.8 Å². The van der Waals surface area contributed by atoms with E-state index in [0.29, 0.717) is 5.69 Å². The van der Waals surface area contributed by atoms with Crippen LogP contribution in [0.5, 0.6) is 0 Å². The van der Waals surface area contributed by atoms with Crippen molar-refractivity contribution in [2.24, 2.45) is 0 Å². The number of nitrogens with two attached hydrogens (primary N) is 1. The molecule has 0 fully saturated rings. The van der Waals surface area contributed by atoms with Gasteiger partial charge >= 0.3 is 0 Å². The highest BCUT2D eigenvalue weighted by Crippen LogP contribution is 2.09. The van der Waals surface area contributed by atoms with Gasteiger partial charge in [-0.05, 0) is 42.8 Å². The first-order chi connectivity index (χ1) is 14.6. The molecule has 6 heterocycles. The zero-order valence-corrected chi connectivity index (χ0v) is 17.5. The molecule has 0 saturated heterocycles. The van der Waals surface area contributed by atoms with Crippen LogP contribution in [0.3, 0.4) is 0 Å². The molecule has 0 bridgehead atoms. The second kappa shape index (κ2) is 8.66. The van der Waals surface area contributed by atoms with E-state index in [1.54, 1.807) is 38.2 Å². The number of hydrogen-bond acceptors (Lipinski definition) is 7. The van der Waals surface area contributed by atoms with Crippen molar-refractivity contribution in [3.8, 4) is 0 Å². The van der Waals surface area contributed by atoms with Crippen LogP contribution in [0.25, 0.3) is 16.9 Å². The van der Waals surface area contributed by atoms with Gasteiger partial charge in [-0.15, -0.1) is 0 Å². The van der Waals surface area contributed by atoms with Gasteiger partial charge < -0.3 is 5.73 Å². The van der Waals surface area contributed by atoms with Crippen molar-refractivity contribution in [2.45, 2.75) is 6.92 Å². The normalized spacial score (nSPS) is 10.5. The van der Waals surface area contributed by atoms with Crippen LogP contribution in [-0.2, 0) is 0 Å². The Morgan fingerprint density at radius 3 is 1.83 bits per heavy atom. The molecule has 0 spiro atoms. The molecule has 10 nitrogen and oxygen atoms in total. The number of nitrogens with zero attached hydrogens (tertiary/aromatic N) is 9. The zero-order valence-electron chi connectivity index (χ0n) is 15.9. The molecule has 0 aromatic carbocycles. The average Bonchev–Trinajstić information content (AvgIpc) is 3.48. The van der Waals surface area contributed by atoms with E-state index in [-0.39, 0.29) is 0 Å². The summed E-state index contributed by atoms with van der Waals surface area (Å²) in [5.41, 5.74) is 9.96. The SMILES string of the molecule is Brc1ccn2ncnc2c1.Cc1ccn2ncnc2c1.Nc1ccn2ncnc2c1. The second-order valence-electron chi connectivity index (χ2n) is 6.20. The van der Waals surface area contributed by atoms with Gasteiger partial charge in [-0.3, -0.25) is 0 Å². The van der Waals surface area contributed by atoms with Gasteiger partial charge in [0.25, 0.3) is 0 Å². The molecular weight excluding hydrogens is 448 g/mol. The molecule has 6 rings (SSSR count). The number of anilines is 1. The Balaban J connectivity index is 0.000000109. The van der Waals surface area contributed by atoms with Gasteiger partial charge in [0.15, 0.2) is 16.9 Å². The Kier molecular flexibility index (Phi) is 5.61. The lowest BCUT2D eigenvalue weighted by molar-refractivity contribution is 0.958. The number of halogens is 1. The fourth-order valence-electron chi connectivity index (χ4n) is 2.54. The summed E-state index contributed by atoms with van der Waals surface area (Å²) in [5.74, 6) is 0. The number of hydrogen-bond donors (Lipinski definition) is 1. The molecule has 2 N–H and O–H groups in total. The lowest BCUT2D eigenvalue weighted by Gasteiger charge is -1.91. The molecular formula is C19H17BrN10. The molecule has 6 aromatic rings. The largest absolute Gasteiger partial charge is 0.399 e. The van der Waals surface area contributed by atoms with Crippen LogP contribution in [0.4, 0.5) is 5.69 Å². The van der Waals surface area contributed by atoms with E-state index in [1.807, 2.05) is 43.6 Å². The molecule has 0 unspecified atom stereocenters. The van der Waals surface area contributed by atoms with Crippen molar-refractivity contribution in [1.29, 1.82) is 0 Å². The summed E-state index contributed by atoms with van der Waals surface area (Å²) in [4.78, 5) is 12.0. The number of aromatic nitrogens is 9. The van der Waals surface area contributed by atoms with Gasteiger partial charge in [-0.1, -0.05) is 15.9 Å². The summed E-state index contributed by atoms with van der Waals surface area (Å²) in [6.45, 7) is 2.04. The Hall–Kier alpha value is -3.86. The van der Waals surface area contributed by atoms with Crippen molar-refractivity contribution in [3.05, 3.63) is 84.0 Å². The molecule has 6 aromatic heterocycles. The summed E-state index contributed by atoms with van der Waals surface area (Å²) in [5, 5.41) is 11.8. The predicted octanol–water partition coefficient (Wildman–Crippen LogP) is 2.84. The smallest absolute Gasteiger partial charge is 0.157 e. The van der Waals surface area contributed by atoms with Gasteiger partial charge in [-0.2, -0.15) is 15.3 Å². The van der Waals surface area contributed by atoms with Gasteiger partial charge in [0.2, 0.25) is 0 Å². The van der Waals surface area contributed by atoms with Crippen molar-refractivity contribution in [3.63, 3.8) is 0 Å². The van der Waals surface area contributed by atoms with Crippen molar-refractivity contribution >= 4 is 38.6 Å². The standard InChI is InChI=1S/C7H7N3.C6H4BrN3.C6H6N4/c1-6-2-3-10-7(4-6)8-5-9-10;2*7-5-1-2-10-6(3-5)8-4-9-10/h2-5H,1H3;1-4H;1-4H,7H2. The Labute approximate surface area is 179 Å². The Bertz CT molecular complexity index is 1230. The maximum absolute atomic E-state index is 5.50. The topological polar surface area (TPSA) is 117 Å². The summed E-state index contributed by atoms with van der Waals surface area (Å²) in [6.07, 6.45) is 10.1. The molecule has 0 amide bonds. The van der Waals surface area contributed by atoms with Crippen LogP contribution >= 0.6 is 15.9 Å². The lowest BCUT2D eigenvalue weighted by Crippen LogP contribution is -1.89. The van der Waals surface area contributed by atoms with E-state index >= 15 is 0 Å². The highest BCUT2D eigenvalue weighted by Gasteiger charge is 1.94. The molecule has 0 saturated carbocycles. The fourth-order valence-corrected chi connectivity index (χ4v) is 2.86. The Morgan fingerprint density at radius 1 is 0.700 bits per heavy atom. The van der Waals surface area contributed by atoms with Gasteiger partial charge in [0, 0.05) is 34.8 Å². The minimum absolute atomic E-state index is 0.709. The number of fused-ring (bicyclic) bond motifs is 3. The van der Waals surface area contributed by atoms with Crippen LogP contribution in [0, 0.1) is 6.92 Å². The maximum Gasteiger partial charge on any atom is 0.157 e. The molecule has 0 aliphatic heterocycles. The molecule has 0 aliphatic carbocycles. The number of nitrogen functional groups attached to an aromatic ring is 1. The van der Waals surface area contributed by atoms with E-state index in [2.05, 4.69) is 46.2 Å². The summed E-state index contributed by atoms with van der Waals surface area (Å²) in [7, 11) is 0. The molecule has 0 radical (unpaired) electrons. The lowest BCUT2D eigenvalue weighted by atomic mass is 10.3. The first-order valence-electron chi connectivity index (χ1n) is 8.84. The zero-order chi connectivity index (χ0) is 20.9. The minimum atomic E-state index is 0.709. The maximum atomic E-state index is 5.50. The van der Waals surface area contributed by atoms with Crippen LogP contribution < -0.4 is 5.73 Å². The first kappa shape index (κ1) is 19.5. The van der Waals surface area contributed by atoms with E-state index in [9.17, 15) is 0 Å². The third-order valence-electron chi connectivity index (χ3n) is 3.98. The highest BCUT2D eigenvalue weighted by atomic mass is 79.9. The van der Waals surface area contributed by atoms with Crippen LogP contribution in [-0.4, -0.2) is 43.8 Å². The fraction of sp³-hybridized carbons (Fsp3) is 0.0526. The second-order valence-corrected chi connectivity index (χ2v) is 7.11. The van der Waals surface area contributed by atoms with E-state index in [0.717, 1.165) is 21.4 Å². The van der Waals surface area contributed by atoms with E-state index in [4.69, 9.17) is 5.73 Å². The quantitative estimate of drug-likeness (QED) is 0.367. The van der Waals surface area contributed by atoms with Crippen molar-refractivity contribution in [2.75, 3.05) is 5.73 Å². The minimum Gasteiger partial charge on any atom is -0.399 e. The third kappa shape index (κ3) is 4.58. The molecule has 0 atom stereocenters. The summed E-state index contributed by atoms with van der Waals surface area (Å²) in [6, 6.07) is 11.4. The van der Waals surface area contributed by atoms with Crippen LogP contribution in [0.15, 0.2) is 78.4 Å². The summed E-state index contributed by atoms with van der Waals surface area (Å²) >= 11 is 3.34. The molecule has 11 heteroatoms. The monoisotopic (exact) mass is 464 g/mol. The molecule has 0 aliphatic rings. The molecule has 150 valence electrons. The molecule has 30 heavy (non-hydrogen) atoms. The highest BCUT2D eigenvalue weighted by molar-refractivity contribution is 9.10. The van der Waals surface area contributed by atoms with Gasteiger partial charge in [0.1, 0.15) is 19.0 Å².